The van der Waals surface area contributed by atoms with Crippen LogP contribution in [0.25, 0.3) is 0 Å². The molecule has 0 bridgehead atoms. The number of carbonyl (C=O) groups is 2. The van der Waals surface area contributed by atoms with Crippen molar-refractivity contribution < 1.29 is 23.5 Å². The molecule has 0 aliphatic heterocycles. The van der Waals surface area contributed by atoms with Crippen LogP contribution in [0.3, 0.4) is 0 Å². The zero-order chi connectivity index (χ0) is 16.1. The van der Waals surface area contributed by atoms with Crippen LogP contribution in [0.5, 0.6) is 0 Å². The van der Waals surface area contributed by atoms with Crippen LogP contribution in [-0.4, -0.2) is 40.6 Å². The highest BCUT2D eigenvalue weighted by Crippen LogP contribution is 2.38. The second kappa shape index (κ2) is 7.03. The molecule has 0 rings (SSSR count). The summed E-state index contributed by atoms with van der Waals surface area (Å²) in [5.41, 5.74) is 0.196. The van der Waals surface area contributed by atoms with E-state index in [4.69, 9.17) is 9.16 Å². The van der Waals surface area contributed by atoms with Crippen molar-refractivity contribution >= 4 is 20.3 Å². The maximum atomic E-state index is 11.8. The zero-order valence-electron chi connectivity index (χ0n) is 13.5. The first kappa shape index (κ1) is 18.9. The van der Waals surface area contributed by atoms with Crippen LogP contribution in [0.2, 0.25) is 18.1 Å². The molecule has 1 atom stereocenters. The predicted molar refractivity (Wildman–Crippen MR) is 79.9 cm³/mol. The summed E-state index contributed by atoms with van der Waals surface area (Å²) in [5.74, 6) is -1.04. The molecular weight excluding hydrogens is 276 g/mol. The SMILES string of the molecule is C=C(C[C@H](O[Si](C)(C)C(C)(C)C)C(=O)OC)C(=O)OC. The van der Waals surface area contributed by atoms with Gasteiger partial charge in [0.1, 0.15) is 6.10 Å². The summed E-state index contributed by atoms with van der Waals surface area (Å²) < 4.78 is 15.4. The molecule has 6 heteroatoms. The van der Waals surface area contributed by atoms with Gasteiger partial charge in [-0.3, -0.25) is 0 Å². The van der Waals surface area contributed by atoms with Crippen molar-refractivity contribution in [2.75, 3.05) is 14.2 Å². The van der Waals surface area contributed by atoms with Crippen LogP contribution in [0, 0.1) is 0 Å². The van der Waals surface area contributed by atoms with E-state index in [9.17, 15) is 9.59 Å². The van der Waals surface area contributed by atoms with Gasteiger partial charge in [0.05, 0.1) is 14.2 Å². The maximum absolute atomic E-state index is 11.8. The third-order valence-corrected chi connectivity index (χ3v) is 8.10. The minimum Gasteiger partial charge on any atom is -0.467 e. The van der Waals surface area contributed by atoms with E-state index >= 15 is 0 Å². The average Bonchev–Trinajstić information content (AvgIpc) is 2.34. The van der Waals surface area contributed by atoms with Gasteiger partial charge in [-0.05, 0) is 18.1 Å². The van der Waals surface area contributed by atoms with Gasteiger partial charge < -0.3 is 13.9 Å². The Balaban J connectivity index is 5.06. The quantitative estimate of drug-likeness (QED) is 0.429. The summed E-state index contributed by atoms with van der Waals surface area (Å²) in [6.07, 6.45) is -0.751. The Hall–Kier alpha value is -1.14. The topological polar surface area (TPSA) is 61.8 Å². The molecule has 0 aromatic rings. The maximum Gasteiger partial charge on any atom is 0.334 e. The smallest absolute Gasteiger partial charge is 0.334 e. The van der Waals surface area contributed by atoms with Gasteiger partial charge in [0, 0.05) is 12.0 Å². The van der Waals surface area contributed by atoms with Gasteiger partial charge in [0.2, 0.25) is 0 Å². The fourth-order valence-corrected chi connectivity index (χ4v) is 2.53. The lowest BCUT2D eigenvalue weighted by molar-refractivity contribution is -0.149. The molecule has 0 fully saturated rings. The van der Waals surface area contributed by atoms with Crippen LogP contribution < -0.4 is 0 Å². The van der Waals surface area contributed by atoms with Gasteiger partial charge >= 0.3 is 11.9 Å². The van der Waals surface area contributed by atoms with Crippen LogP contribution in [-0.2, 0) is 23.5 Å². The standard InChI is InChI=1S/C14H26O5Si/c1-10(12(15)17-5)9-11(13(16)18-6)19-20(7,8)14(2,3)4/h11H,1,9H2,2-8H3/t11-/m0/s1. The third kappa shape index (κ3) is 5.09. The molecule has 0 spiro atoms. The Kier molecular flexibility index (Phi) is 6.63. The molecule has 0 aromatic carbocycles. The molecule has 0 N–H and O–H groups in total. The fraction of sp³-hybridized carbons (Fsp3) is 0.714. The zero-order valence-corrected chi connectivity index (χ0v) is 14.5. The minimum absolute atomic E-state index is 0.0497. The summed E-state index contributed by atoms with van der Waals surface area (Å²) >= 11 is 0. The van der Waals surface area contributed by atoms with Crippen molar-refractivity contribution in [2.24, 2.45) is 0 Å². The van der Waals surface area contributed by atoms with E-state index < -0.39 is 26.4 Å². The largest absolute Gasteiger partial charge is 0.467 e. The summed E-state index contributed by atoms with van der Waals surface area (Å²) in [6.45, 7) is 13.9. The predicted octanol–water partition coefficient (Wildman–Crippen LogP) is 2.67. The number of methoxy groups -OCH3 is 2. The molecule has 0 aliphatic rings. The number of rotatable bonds is 6. The Labute approximate surface area is 122 Å². The minimum atomic E-state index is -2.15. The Morgan fingerprint density at radius 3 is 2.00 bits per heavy atom. The first-order valence-electron chi connectivity index (χ1n) is 6.48. The molecule has 0 saturated carbocycles. The van der Waals surface area contributed by atoms with E-state index in [2.05, 4.69) is 32.1 Å². The average molecular weight is 302 g/mol. The summed E-state index contributed by atoms with van der Waals surface area (Å²) in [7, 11) is 0.417. The monoisotopic (exact) mass is 302 g/mol. The number of hydrogen-bond donors (Lipinski definition) is 0. The highest BCUT2D eigenvalue weighted by atomic mass is 28.4. The summed E-state index contributed by atoms with van der Waals surface area (Å²) in [5, 5.41) is -0.0497. The molecule has 0 aromatic heterocycles. The number of hydrogen-bond acceptors (Lipinski definition) is 5. The van der Waals surface area contributed by atoms with Gasteiger partial charge in [-0.15, -0.1) is 0 Å². The molecular formula is C14H26O5Si. The lowest BCUT2D eigenvalue weighted by Gasteiger charge is -2.38. The van der Waals surface area contributed by atoms with E-state index in [0.29, 0.717) is 0 Å². The Morgan fingerprint density at radius 1 is 1.15 bits per heavy atom. The highest BCUT2D eigenvalue weighted by molar-refractivity contribution is 6.74. The summed E-state index contributed by atoms with van der Waals surface area (Å²) in [4.78, 5) is 23.2. The molecule has 5 nitrogen and oxygen atoms in total. The second-order valence-corrected chi connectivity index (χ2v) is 10.9. The van der Waals surface area contributed by atoms with Gasteiger partial charge in [-0.2, -0.15) is 0 Å². The second-order valence-electron chi connectivity index (χ2n) is 6.19. The first-order valence-corrected chi connectivity index (χ1v) is 9.39. The van der Waals surface area contributed by atoms with Crippen LogP contribution in [0.1, 0.15) is 27.2 Å². The highest BCUT2D eigenvalue weighted by Gasteiger charge is 2.41. The molecule has 20 heavy (non-hydrogen) atoms. The van der Waals surface area contributed by atoms with Crippen molar-refractivity contribution in [2.45, 2.75) is 51.4 Å². The van der Waals surface area contributed by atoms with Gasteiger partial charge in [0.15, 0.2) is 8.32 Å². The van der Waals surface area contributed by atoms with Gasteiger partial charge in [-0.1, -0.05) is 27.4 Å². The van der Waals surface area contributed by atoms with E-state index in [-0.39, 0.29) is 17.0 Å². The first-order chi connectivity index (χ1) is 8.96. The molecule has 0 radical (unpaired) electrons. The van der Waals surface area contributed by atoms with Crippen LogP contribution >= 0.6 is 0 Å². The van der Waals surface area contributed by atoms with Gasteiger partial charge in [0.25, 0.3) is 0 Å². The lowest BCUT2D eigenvalue weighted by Crippen LogP contribution is -2.46. The van der Waals surface area contributed by atoms with Crippen molar-refractivity contribution in [3.05, 3.63) is 12.2 Å². The van der Waals surface area contributed by atoms with E-state index in [1.807, 2.05) is 13.1 Å². The van der Waals surface area contributed by atoms with Crippen molar-refractivity contribution in [3.8, 4) is 0 Å². The van der Waals surface area contributed by atoms with E-state index in [1.165, 1.54) is 14.2 Å². The summed E-state index contributed by atoms with van der Waals surface area (Å²) in [6, 6.07) is 0. The van der Waals surface area contributed by atoms with Crippen molar-refractivity contribution in [1.82, 2.24) is 0 Å². The molecule has 0 aliphatic carbocycles. The number of ether oxygens (including phenoxy) is 2. The number of carbonyl (C=O) groups excluding carboxylic acids is 2. The Bertz CT molecular complexity index is 382. The molecule has 116 valence electrons. The Morgan fingerprint density at radius 2 is 1.65 bits per heavy atom. The van der Waals surface area contributed by atoms with Crippen molar-refractivity contribution in [3.63, 3.8) is 0 Å². The van der Waals surface area contributed by atoms with Crippen LogP contribution in [0.4, 0.5) is 0 Å². The third-order valence-electron chi connectivity index (χ3n) is 3.61. The van der Waals surface area contributed by atoms with E-state index in [0.717, 1.165) is 0 Å². The molecule has 0 unspecified atom stereocenters. The lowest BCUT2D eigenvalue weighted by atomic mass is 10.1. The fourth-order valence-electron chi connectivity index (χ4n) is 1.29. The van der Waals surface area contributed by atoms with Gasteiger partial charge in [-0.25, -0.2) is 9.59 Å². The van der Waals surface area contributed by atoms with Crippen LogP contribution in [0.15, 0.2) is 12.2 Å². The van der Waals surface area contributed by atoms with E-state index in [1.54, 1.807) is 0 Å². The number of esters is 2. The van der Waals surface area contributed by atoms with Crippen molar-refractivity contribution in [1.29, 1.82) is 0 Å². The molecule has 0 saturated heterocycles. The molecule has 0 amide bonds. The molecule has 0 heterocycles. The normalized spacial score (nSPS) is 13.6.